The van der Waals surface area contributed by atoms with E-state index in [1.54, 1.807) is 0 Å². The van der Waals surface area contributed by atoms with Crippen LogP contribution in [0.4, 0.5) is 0 Å². The average Bonchev–Trinajstić information content (AvgIpc) is 2.95. The van der Waals surface area contributed by atoms with Gasteiger partial charge in [-0.2, -0.15) is 0 Å². The van der Waals surface area contributed by atoms with Crippen molar-refractivity contribution in [1.29, 1.82) is 0 Å². The molecule has 0 amide bonds. The van der Waals surface area contributed by atoms with Crippen molar-refractivity contribution in [3.8, 4) is 0 Å². The Morgan fingerprint density at radius 2 is 2.15 bits per heavy atom. The first-order valence-electron chi connectivity index (χ1n) is 8.23. The van der Waals surface area contributed by atoms with Crippen molar-refractivity contribution in [2.45, 2.75) is 53.0 Å². The number of hydrogen-bond donors (Lipinski definition) is 1. The van der Waals surface area contributed by atoms with E-state index in [0.717, 1.165) is 19.0 Å². The van der Waals surface area contributed by atoms with E-state index in [0.29, 0.717) is 11.5 Å². The zero-order chi connectivity index (χ0) is 14.6. The lowest BCUT2D eigenvalue weighted by molar-refractivity contribution is 0.265. The summed E-state index contributed by atoms with van der Waals surface area (Å²) < 4.78 is 0. The van der Waals surface area contributed by atoms with E-state index < -0.39 is 0 Å². The maximum Gasteiger partial charge on any atom is 0.156 e. The molecule has 0 spiro atoms. The lowest BCUT2D eigenvalue weighted by Gasteiger charge is -2.33. The molecule has 20 heavy (non-hydrogen) atoms. The summed E-state index contributed by atoms with van der Waals surface area (Å²) in [4.78, 5) is 7.38. The maximum atomic E-state index is 4.79. The molecule has 0 saturated carbocycles. The molecule has 1 saturated heterocycles. The Labute approximate surface area is 129 Å². The summed E-state index contributed by atoms with van der Waals surface area (Å²) in [6.45, 7) is 13.8. The molecule has 0 bridgehead atoms. The minimum atomic E-state index is 0.456. The summed E-state index contributed by atoms with van der Waals surface area (Å²) in [6, 6.07) is 0.691. The summed E-state index contributed by atoms with van der Waals surface area (Å²) in [5.74, 6) is 2.03. The molecule has 1 unspecified atom stereocenters. The van der Waals surface area contributed by atoms with Crippen LogP contribution in [0.3, 0.4) is 0 Å². The molecule has 3 nitrogen and oxygen atoms in total. The molecule has 2 aliphatic rings. The van der Waals surface area contributed by atoms with Gasteiger partial charge in [0.2, 0.25) is 0 Å². The molecule has 1 atom stereocenters. The number of amidine groups is 1. The second-order valence-electron chi connectivity index (χ2n) is 6.74. The largest absolute Gasteiger partial charge is 0.365 e. The van der Waals surface area contributed by atoms with E-state index in [-0.39, 0.29) is 0 Å². The van der Waals surface area contributed by atoms with Crippen molar-refractivity contribution < 1.29 is 0 Å². The fourth-order valence-corrected chi connectivity index (χ4v) is 4.35. The van der Waals surface area contributed by atoms with Gasteiger partial charge in [0.25, 0.3) is 0 Å². The minimum Gasteiger partial charge on any atom is -0.365 e. The summed E-state index contributed by atoms with van der Waals surface area (Å²) in [6.07, 6.45) is 3.83. The standard InChI is InChI=1S/C16H31N3S/c1-5-16(6-2)11-18-15(20-12-16)17-9-14-7-8-19(10-14)13(3)4/h13-14H,5-12H2,1-4H3,(H,17,18). The molecule has 0 aromatic heterocycles. The van der Waals surface area contributed by atoms with Crippen molar-refractivity contribution in [3.63, 3.8) is 0 Å². The van der Waals surface area contributed by atoms with E-state index in [1.165, 1.54) is 43.3 Å². The van der Waals surface area contributed by atoms with Gasteiger partial charge in [-0.3, -0.25) is 4.99 Å². The fourth-order valence-electron chi connectivity index (χ4n) is 3.07. The molecule has 0 aromatic carbocycles. The van der Waals surface area contributed by atoms with Crippen molar-refractivity contribution in [1.82, 2.24) is 10.2 Å². The Hall–Kier alpha value is -0.220. The number of hydrogen-bond acceptors (Lipinski definition) is 4. The van der Waals surface area contributed by atoms with Gasteiger partial charge in [-0.05, 0) is 51.0 Å². The smallest absolute Gasteiger partial charge is 0.156 e. The lowest BCUT2D eigenvalue weighted by atomic mass is 9.84. The van der Waals surface area contributed by atoms with E-state index in [9.17, 15) is 0 Å². The van der Waals surface area contributed by atoms with Gasteiger partial charge >= 0.3 is 0 Å². The second kappa shape index (κ2) is 7.17. The molecule has 2 rings (SSSR count). The van der Waals surface area contributed by atoms with Gasteiger partial charge in [-0.1, -0.05) is 25.6 Å². The highest BCUT2D eigenvalue weighted by molar-refractivity contribution is 8.13. The first-order valence-corrected chi connectivity index (χ1v) is 9.22. The SMILES string of the molecule is CCC1(CC)CN=C(NCC2CCN(C(C)C)C2)SC1. The quantitative estimate of drug-likeness (QED) is 0.844. The molecule has 1 N–H and O–H groups in total. The van der Waals surface area contributed by atoms with Crippen LogP contribution in [0.5, 0.6) is 0 Å². The van der Waals surface area contributed by atoms with Crippen molar-refractivity contribution >= 4 is 16.9 Å². The first-order chi connectivity index (χ1) is 9.58. The van der Waals surface area contributed by atoms with Gasteiger partial charge in [0.05, 0.1) is 0 Å². The Morgan fingerprint density at radius 3 is 2.65 bits per heavy atom. The summed E-state index contributed by atoms with van der Waals surface area (Å²) >= 11 is 1.94. The van der Waals surface area contributed by atoms with Crippen LogP contribution < -0.4 is 5.32 Å². The van der Waals surface area contributed by atoms with Gasteiger partial charge in [0.15, 0.2) is 5.17 Å². The third kappa shape index (κ3) is 3.91. The summed E-state index contributed by atoms with van der Waals surface area (Å²) in [7, 11) is 0. The van der Waals surface area contributed by atoms with E-state index in [1.807, 2.05) is 11.8 Å². The van der Waals surface area contributed by atoms with Gasteiger partial charge in [-0.15, -0.1) is 0 Å². The summed E-state index contributed by atoms with van der Waals surface area (Å²) in [5, 5.41) is 4.78. The van der Waals surface area contributed by atoms with Crippen LogP contribution in [0.2, 0.25) is 0 Å². The highest BCUT2D eigenvalue weighted by Crippen LogP contribution is 2.34. The van der Waals surface area contributed by atoms with Crippen molar-refractivity contribution in [2.75, 3.05) is 31.9 Å². The van der Waals surface area contributed by atoms with Crippen LogP contribution in [-0.4, -0.2) is 48.0 Å². The van der Waals surface area contributed by atoms with Crippen LogP contribution in [0.1, 0.15) is 47.0 Å². The topological polar surface area (TPSA) is 27.6 Å². The molecule has 2 aliphatic heterocycles. The third-order valence-electron chi connectivity index (χ3n) is 5.16. The monoisotopic (exact) mass is 297 g/mol. The average molecular weight is 298 g/mol. The molecule has 1 fully saturated rings. The molecule has 0 aliphatic carbocycles. The van der Waals surface area contributed by atoms with Crippen LogP contribution >= 0.6 is 11.8 Å². The molecular weight excluding hydrogens is 266 g/mol. The highest BCUT2D eigenvalue weighted by atomic mass is 32.2. The van der Waals surface area contributed by atoms with Gasteiger partial charge < -0.3 is 10.2 Å². The van der Waals surface area contributed by atoms with Gasteiger partial charge in [-0.25, -0.2) is 0 Å². The van der Waals surface area contributed by atoms with Crippen LogP contribution in [0, 0.1) is 11.3 Å². The van der Waals surface area contributed by atoms with Crippen molar-refractivity contribution in [3.05, 3.63) is 0 Å². The van der Waals surface area contributed by atoms with E-state index in [2.05, 4.69) is 37.9 Å². The molecule has 0 aromatic rings. The summed E-state index contributed by atoms with van der Waals surface area (Å²) in [5.41, 5.74) is 0.456. The normalized spacial score (nSPS) is 26.9. The van der Waals surface area contributed by atoms with Gasteiger partial charge in [0, 0.05) is 31.4 Å². The van der Waals surface area contributed by atoms with Gasteiger partial charge in [0.1, 0.15) is 0 Å². The van der Waals surface area contributed by atoms with Crippen molar-refractivity contribution in [2.24, 2.45) is 16.3 Å². The number of likely N-dealkylation sites (tertiary alicyclic amines) is 1. The van der Waals surface area contributed by atoms with E-state index in [4.69, 9.17) is 4.99 Å². The number of rotatable bonds is 5. The first kappa shape index (κ1) is 16.2. The molecule has 2 heterocycles. The van der Waals surface area contributed by atoms with E-state index >= 15 is 0 Å². The Kier molecular flexibility index (Phi) is 5.79. The number of aliphatic imine (C=N–C) groups is 1. The number of thioether (sulfide) groups is 1. The highest BCUT2D eigenvalue weighted by Gasteiger charge is 2.30. The fraction of sp³-hybridized carbons (Fsp3) is 0.938. The lowest BCUT2D eigenvalue weighted by Crippen LogP contribution is -2.37. The number of nitrogens with one attached hydrogen (secondary N) is 1. The third-order valence-corrected chi connectivity index (χ3v) is 6.47. The predicted octanol–water partition coefficient (Wildman–Crippen LogP) is 3.22. The zero-order valence-electron chi connectivity index (χ0n) is 13.6. The van der Waals surface area contributed by atoms with Crippen LogP contribution in [0.15, 0.2) is 4.99 Å². The number of nitrogens with zero attached hydrogens (tertiary/aromatic N) is 2. The predicted molar refractivity (Wildman–Crippen MR) is 90.6 cm³/mol. The Morgan fingerprint density at radius 1 is 1.40 bits per heavy atom. The molecular formula is C16H31N3S. The Balaban J connectivity index is 1.75. The zero-order valence-corrected chi connectivity index (χ0v) is 14.4. The molecule has 116 valence electrons. The molecule has 4 heteroatoms. The second-order valence-corrected chi connectivity index (χ2v) is 7.71. The Bertz CT molecular complexity index is 337. The van der Waals surface area contributed by atoms with Crippen LogP contribution in [-0.2, 0) is 0 Å². The van der Waals surface area contributed by atoms with Crippen LogP contribution in [0.25, 0.3) is 0 Å². The minimum absolute atomic E-state index is 0.456. The maximum absolute atomic E-state index is 4.79. The molecule has 0 radical (unpaired) electrons.